The summed E-state index contributed by atoms with van der Waals surface area (Å²) in [6, 6.07) is 1.89. The summed E-state index contributed by atoms with van der Waals surface area (Å²) in [5.41, 5.74) is 2.63. The van der Waals surface area contributed by atoms with Crippen LogP contribution in [-0.2, 0) is 16.0 Å². The molecule has 1 aromatic rings. The minimum atomic E-state index is -0.230. The fourth-order valence-electron chi connectivity index (χ4n) is 3.85. The zero-order valence-corrected chi connectivity index (χ0v) is 16.5. The molecule has 1 heterocycles. The van der Waals surface area contributed by atoms with Gasteiger partial charge < -0.3 is 18.9 Å². The highest BCUT2D eigenvalue weighted by Crippen LogP contribution is 2.44. The van der Waals surface area contributed by atoms with Gasteiger partial charge in [0.05, 0.1) is 21.3 Å². The van der Waals surface area contributed by atoms with Crippen molar-refractivity contribution in [2.24, 2.45) is 0 Å². The highest BCUT2D eigenvalue weighted by atomic mass is 16.5. The molecule has 1 aromatic carbocycles. The zero-order chi connectivity index (χ0) is 19.2. The predicted molar refractivity (Wildman–Crippen MR) is 104 cm³/mol. The molecule has 0 N–H and O–H groups in total. The Labute approximate surface area is 161 Å². The van der Waals surface area contributed by atoms with Crippen molar-refractivity contribution in [3.8, 4) is 17.2 Å². The fraction of sp³-hybridized carbons (Fsp3) is 0.571. The van der Waals surface area contributed by atoms with Crippen molar-refractivity contribution < 1.29 is 23.7 Å². The Morgan fingerprint density at radius 1 is 1.00 bits per heavy atom. The van der Waals surface area contributed by atoms with Gasteiger partial charge in [0, 0.05) is 17.7 Å². The van der Waals surface area contributed by atoms with Crippen molar-refractivity contribution >= 4 is 12.0 Å². The summed E-state index contributed by atoms with van der Waals surface area (Å²) in [5.74, 6) is 1.61. The van der Waals surface area contributed by atoms with E-state index in [-0.39, 0.29) is 5.97 Å². The Morgan fingerprint density at radius 2 is 1.74 bits per heavy atom. The number of benzene rings is 1. The number of carbonyl (C=O) groups excluding carboxylic acids is 1. The number of piperidine rings is 1. The maximum atomic E-state index is 12.5. The third kappa shape index (κ3) is 4.38. The van der Waals surface area contributed by atoms with Gasteiger partial charge in [-0.25, -0.2) is 4.79 Å². The molecule has 0 aromatic heterocycles. The molecule has 0 bridgehead atoms. The standard InChI is InChI=1S/C21H29NO5/c1-24-18-14-16-13-15(7-8-17(16)19(25-2)20(18)26-3)21(23)27-12-11-22-9-5-4-6-10-22/h13-14H,4-12H2,1-3H3. The van der Waals surface area contributed by atoms with Crippen LogP contribution in [0.5, 0.6) is 17.2 Å². The maximum absolute atomic E-state index is 12.5. The first-order valence-corrected chi connectivity index (χ1v) is 9.59. The van der Waals surface area contributed by atoms with E-state index in [1.807, 2.05) is 12.1 Å². The van der Waals surface area contributed by atoms with Crippen molar-refractivity contribution in [1.29, 1.82) is 0 Å². The van der Waals surface area contributed by atoms with E-state index < -0.39 is 0 Å². The van der Waals surface area contributed by atoms with Crippen molar-refractivity contribution in [1.82, 2.24) is 4.90 Å². The quantitative estimate of drug-likeness (QED) is 0.683. The highest BCUT2D eigenvalue weighted by Gasteiger charge is 2.25. The average molecular weight is 375 g/mol. The zero-order valence-electron chi connectivity index (χ0n) is 16.5. The molecule has 1 fully saturated rings. The molecule has 6 nitrogen and oxygen atoms in total. The van der Waals surface area contributed by atoms with Gasteiger partial charge in [-0.2, -0.15) is 0 Å². The van der Waals surface area contributed by atoms with Gasteiger partial charge in [-0.05, 0) is 56.5 Å². The first-order chi connectivity index (χ1) is 13.2. The molecule has 1 aliphatic carbocycles. The van der Waals surface area contributed by atoms with Gasteiger partial charge in [0.25, 0.3) is 0 Å². The topological polar surface area (TPSA) is 57.2 Å². The summed E-state index contributed by atoms with van der Waals surface area (Å²) >= 11 is 0. The SMILES string of the molecule is COc1cc2c(c(OC)c1OC)CCC(C(=O)OCCN1CCCCC1)=C2. The predicted octanol–water partition coefficient (Wildman–Crippen LogP) is 3.07. The Kier molecular flexibility index (Phi) is 6.61. The molecule has 27 heavy (non-hydrogen) atoms. The second-order valence-electron chi connectivity index (χ2n) is 6.92. The Morgan fingerprint density at radius 3 is 2.41 bits per heavy atom. The molecule has 0 atom stereocenters. The number of ether oxygens (including phenoxy) is 4. The average Bonchev–Trinajstić information content (AvgIpc) is 2.72. The molecule has 0 unspecified atom stereocenters. The largest absolute Gasteiger partial charge is 0.493 e. The number of fused-ring (bicyclic) bond motifs is 1. The summed E-state index contributed by atoms with van der Waals surface area (Å²) in [7, 11) is 4.80. The van der Waals surface area contributed by atoms with Gasteiger partial charge >= 0.3 is 5.97 Å². The van der Waals surface area contributed by atoms with E-state index in [1.54, 1.807) is 21.3 Å². The first-order valence-electron chi connectivity index (χ1n) is 9.59. The lowest BCUT2D eigenvalue weighted by Crippen LogP contribution is -2.33. The second-order valence-corrected chi connectivity index (χ2v) is 6.92. The van der Waals surface area contributed by atoms with Gasteiger partial charge in [-0.3, -0.25) is 4.90 Å². The van der Waals surface area contributed by atoms with Crippen LogP contribution >= 0.6 is 0 Å². The van der Waals surface area contributed by atoms with E-state index in [1.165, 1.54) is 19.3 Å². The van der Waals surface area contributed by atoms with E-state index in [9.17, 15) is 4.79 Å². The lowest BCUT2D eigenvalue weighted by atomic mass is 9.90. The molecule has 6 heteroatoms. The van der Waals surface area contributed by atoms with Gasteiger partial charge in [0.15, 0.2) is 11.5 Å². The van der Waals surface area contributed by atoms with Crippen LogP contribution in [0.3, 0.4) is 0 Å². The van der Waals surface area contributed by atoms with Crippen LogP contribution < -0.4 is 14.2 Å². The molecule has 0 spiro atoms. The van der Waals surface area contributed by atoms with Gasteiger partial charge in [-0.1, -0.05) is 6.42 Å². The van der Waals surface area contributed by atoms with Crippen molar-refractivity contribution in [3.05, 3.63) is 22.8 Å². The van der Waals surface area contributed by atoms with Crippen LogP contribution in [0.25, 0.3) is 6.08 Å². The lowest BCUT2D eigenvalue weighted by Gasteiger charge is -2.26. The number of hydrogen-bond acceptors (Lipinski definition) is 6. The van der Waals surface area contributed by atoms with Gasteiger partial charge in [0.1, 0.15) is 6.61 Å². The second kappa shape index (κ2) is 9.13. The molecule has 0 amide bonds. The van der Waals surface area contributed by atoms with Crippen LogP contribution in [0.4, 0.5) is 0 Å². The van der Waals surface area contributed by atoms with Crippen LogP contribution in [0.2, 0.25) is 0 Å². The summed E-state index contributed by atoms with van der Waals surface area (Å²) in [6.45, 7) is 3.47. The molecule has 148 valence electrons. The summed E-state index contributed by atoms with van der Waals surface area (Å²) in [5, 5.41) is 0. The smallest absolute Gasteiger partial charge is 0.334 e. The van der Waals surface area contributed by atoms with Crippen molar-refractivity contribution in [3.63, 3.8) is 0 Å². The van der Waals surface area contributed by atoms with E-state index in [2.05, 4.69) is 4.90 Å². The minimum Gasteiger partial charge on any atom is -0.493 e. The van der Waals surface area contributed by atoms with Gasteiger partial charge in [0.2, 0.25) is 5.75 Å². The molecule has 0 radical (unpaired) electrons. The van der Waals surface area contributed by atoms with E-state index in [0.29, 0.717) is 42.3 Å². The third-order valence-corrected chi connectivity index (χ3v) is 5.29. The van der Waals surface area contributed by atoms with Crippen LogP contribution in [0, 0.1) is 0 Å². The van der Waals surface area contributed by atoms with E-state index in [0.717, 1.165) is 30.8 Å². The normalized spacial score (nSPS) is 16.9. The number of methoxy groups -OCH3 is 3. The number of nitrogens with zero attached hydrogens (tertiary/aromatic N) is 1. The third-order valence-electron chi connectivity index (χ3n) is 5.29. The number of likely N-dealkylation sites (tertiary alicyclic amines) is 1. The van der Waals surface area contributed by atoms with Gasteiger partial charge in [-0.15, -0.1) is 0 Å². The number of hydrogen-bond donors (Lipinski definition) is 0. The maximum Gasteiger partial charge on any atom is 0.334 e. The van der Waals surface area contributed by atoms with Crippen LogP contribution in [0.15, 0.2) is 11.6 Å². The van der Waals surface area contributed by atoms with Crippen molar-refractivity contribution in [2.75, 3.05) is 47.6 Å². The molecule has 2 aliphatic rings. The monoisotopic (exact) mass is 375 g/mol. The number of carbonyl (C=O) groups is 1. The number of esters is 1. The Balaban J connectivity index is 1.70. The van der Waals surface area contributed by atoms with Crippen LogP contribution in [-0.4, -0.2) is 58.4 Å². The molecule has 1 saturated heterocycles. The molecule has 3 rings (SSSR count). The number of rotatable bonds is 7. The fourth-order valence-corrected chi connectivity index (χ4v) is 3.85. The summed E-state index contributed by atoms with van der Waals surface area (Å²) in [4.78, 5) is 14.8. The molecular formula is C21H29NO5. The minimum absolute atomic E-state index is 0.230. The first kappa shape index (κ1) is 19.5. The van der Waals surface area contributed by atoms with Crippen LogP contribution in [0.1, 0.15) is 36.8 Å². The Bertz CT molecular complexity index is 707. The van der Waals surface area contributed by atoms with Crippen molar-refractivity contribution in [2.45, 2.75) is 32.1 Å². The Hall–Kier alpha value is -2.21. The molecular weight excluding hydrogens is 346 g/mol. The highest BCUT2D eigenvalue weighted by molar-refractivity contribution is 5.95. The summed E-state index contributed by atoms with van der Waals surface area (Å²) in [6.07, 6.45) is 6.99. The molecule has 1 aliphatic heterocycles. The lowest BCUT2D eigenvalue weighted by molar-refractivity contribution is -0.139. The molecule has 0 saturated carbocycles. The van der Waals surface area contributed by atoms with E-state index >= 15 is 0 Å². The summed E-state index contributed by atoms with van der Waals surface area (Å²) < 4.78 is 21.9. The van der Waals surface area contributed by atoms with E-state index in [4.69, 9.17) is 18.9 Å².